The predicted octanol–water partition coefficient (Wildman–Crippen LogP) is 2.58. The lowest BCUT2D eigenvalue weighted by atomic mass is 10.1. The van der Waals surface area contributed by atoms with Crippen molar-refractivity contribution in [3.63, 3.8) is 0 Å². The summed E-state index contributed by atoms with van der Waals surface area (Å²) in [7, 11) is 0. The molecule has 0 spiro atoms. The van der Waals surface area contributed by atoms with E-state index in [1.807, 2.05) is 0 Å². The second kappa shape index (κ2) is 5.83. The van der Waals surface area contributed by atoms with Crippen LogP contribution in [0.3, 0.4) is 0 Å². The molecule has 0 aliphatic heterocycles. The van der Waals surface area contributed by atoms with Gasteiger partial charge in [0, 0.05) is 17.0 Å². The van der Waals surface area contributed by atoms with Crippen molar-refractivity contribution in [2.24, 2.45) is 5.11 Å². The van der Waals surface area contributed by atoms with E-state index in [-0.39, 0.29) is 12.1 Å². The van der Waals surface area contributed by atoms with Gasteiger partial charge in [-0.1, -0.05) is 17.2 Å². The fourth-order valence-corrected chi connectivity index (χ4v) is 1.33. The second-order valence-corrected chi connectivity index (χ2v) is 3.53. The van der Waals surface area contributed by atoms with Crippen molar-refractivity contribution in [3.05, 3.63) is 50.4 Å². The molecule has 1 aromatic carbocycles. The highest BCUT2D eigenvalue weighted by molar-refractivity contribution is 6.64. The Morgan fingerprint density at radius 1 is 1.53 bits per heavy atom. The van der Waals surface area contributed by atoms with E-state index >= 15 is 0 Å². The van der Waals surface area contributed by atoms with E-state index in [1.165, 1.54) is 24.3 Å². The molecule has 88 valence electrons. The number of nitrogens with zero attached hydrogens (tertiary/aromatic N) is 4. The molecule has 0 heterocycles. The first kappa shape index (κ1) is 13.0. The van der Waals surface area contributed by atoms with E-state index in [0.717, 1.165) is 0 Å². The molecule has 0 N–H and O–H groups in total. The van der Waals surface area contributed by atoms with Crippen LogP contribution >= 0.6 is 11.6 Å². The molecule has 0 saturated heterocycles. The van der Waals surface area contributed by atoms with Crippen molar-refractivity contribution in [1.82, 2.24) is 0 Å². The molecule has 0 amide bonds. The molecule has 0 radical (unpaired) electrons. The molecule has 7 nitrogen and oxygen atoms in total. The zero-order chi connectivity index (χ0) is 12.8. The van der Waals surface area contributed by atoms with Crippen molar-refractivity contribution >= 4 is 22.5 Å². The quantitative estimate of drug-likeness (QED) is 0.201. The first-order valence-electron chi connectivity index (χ1n) is 4.51. The van der Waals surface area contributed by atoms with Crippen molar-refractivity contribution in [2.75, 3.05) is 0 Å². The largest absolute Gasteiger partial charge is 0.281 e. The molecule has 0 saturated carbocycles. The Kier molecular flexibility index (Phi) is 4.45. The van der Waals surface area contributed by atoms with Gasteiger partial charge < -0.3 is 0 Å². The topological polar surface area (TPSA) is 109 Å². The van der Waals surface area contributed by atoms with Crippen LogP contribution in [0.2, 0.25) is 0 Å². The van der Waals surface area contributed by atoms with Gasteiger partial charge in [0.25, 0.3) is 5.69 Å². The summed E-state index contributed by atoms with van der Waals surface area (Å²) in [5.41, 5.74) is 8.82. The lowest BCUT2D eigenvalue weighted by molar-refractivity contribution is -0.384. The Morgan fingerprint density at radius 3 is 2.53 bits per heavy atom. The van der Waals surface area contributed by atoms with Gasteiger partial charge in [0.1, 0.15) is 6.04 Å². The van der Waals surface area contributed by atoms with Crippen LogP contribution in [0.5, 0.6) is 0 Å². The summed E-state index contributed by atoms with van der Waals surface area (Å²) < 4.78 is 0. The number of hydrogen-bond donors (Lipinski definition) is 0. The normalized spacial score (nSPS) is 11.4. The molecule has 1 rings (SSSR count). The summed E-state index contributed by atoms with van der Waals surface area (Å²) in [6.07, 6.45) is 0.115. The molecule has 0 aromatic heterocycles. The number of nitro groups is 1. The van der Waals surface area contributed by atoms with Gasteiger partial charge >= 0.3 is 0 Å². The Bertz CT molecular complexity index is 480. The molecular formula is C9H7ClN4O3. The van der Waals surface area contributed by atoms with E-state index in [4.69, 9.17) is 17.1 Å². The number of rotatable bonds is 5. The standard InChI is InChI=1S/C9H7ClN4O3/c10-9(15)8(12-13-11)5-6-1-3-7(4-2-6)14(16)17/h1-4,8H,5H2/t8-/m0/s1. The fraction of sp³-hybridized carbons (Fsp3) is 0.222. The van der Waals surface area contributed by atoms with Gasteiger partial charge in [0.2, 0.25) is 5.24 Å². The first-order chi connectivity index (χ1) is 8.04. The predicted molar refractivity (Wildman–Crippen MR) is 60.6 cm³/mol. The molecule has 0 fully saturated rings. The van der Waals surface area contributed by atoms with Crippen molar-refractivity contribution in [3.8, 4) is 0 Å². The Labute approximate surface area is 101 Å². The van der Waals surface area contributed by atoms with Gasteiger partial charge in [-0.15, -0.1) is 0 Å². The second-order valence-electron chi connectivity index (χ2n) is 3.15. The third-order valence-electron chi connectivity index (χ3n) is 2.03. The zero-order valence-corrected chi connectivity index (χ0v) is 9.24. The summed E-state index contributed by atoms with van der Waals surface area (Å²) in [5.74, 6) is 0. The Balaban J connectivity index is 2.83. The maximum absolute atomic E-state index is 10.9. The third kappa shape index (κ3) is 3.75. The minimum Gasteiger partial charge on any atom is -0.281 e. The van der Waals surface area contributed by atoms with Gasteiger partial charge in [-0.05, 0) is 29.1 Å². The van der Waals surface area contributed by atoms with Crippen LogP contribution in [-0.2, 0) is 11.2 Å². The van der Waals surface area contributed by atoms with Gasteiger partial charge in [0.15, 0.2) is 0 Å². The first-order valence-corrected chi connectivity index (χ1v) is 4.89. The van der Waals surface area contributed by atoms with E-state index in [0.29, 0.717) is 5.56 Å². The fourth-order valence-electron chi connectivity index (χ4n) is 1.21. The van der Waals surface area contributed by atoms with Crippen LogP contribution in [0, 0.1) is 10.1 Å². The van der Waals surface area contributed by atoms with E-state index in [1.54, 1.807) is 0 Å². The minimum absolute atomic E-state index is 0.0497. The molecule has 0 aliphatic carbocycles. The van der Waals surface area contributed by atoms with E-state index < -0.39 is 16.2 Å². The maximum Gasteiger partial charge on any atom is 0.269 e. The zero-order valence-electron chi connectivity index (χ0n) is 8.49. The number of halogens is 1. The highest BCUT2D eigenvalue weighted by atomic mass is 35.5. The van der Waals surface area contributed by atoms with Crippen molar-refractivity contribution in [1.29, 1.82) is 0 Å². The molecule has 8 heteroatoms. The van der Waals surface area contributed by atoms with Crippen LogP contribution in [-0.4, -0.2) is 16.2 Å². The molecular weight excluding hydrogens is 248 g/mol. The number of carbonyl (C=O) groups is 1. The summed E-state index contributed by atoms with van der Waals surface area (Å²) >= 11 is 5.24. The molecule has 17 heavy (non-hydrogen) atoms. The Morgan fingerprint density at radius 2 is 2.12 bits per heavy atom. The molecule has 1 aromatic rings. The van der Waals surface area contributed by atoms with E-state index in [2.05, 4.69) is 10.0 Å². The number of nitro benzene ring substituents is 1. The third-order valence-corrected chi connectivity index (χ3v) is 2.28. The van der Waals surface area contributed by atoms with Gasteiger partial charge in [-0.2, -0.15) is 0 Å². The highest BCUT2D eigenvalue weighted by Gasteiger charge is 2.15. The van der Waals surface area contributed by atoms with Gasteiger partial charge in [-0.25, -0.2) is 0 Å². The molecule has 0 bridgehead atoms. The summed E-state index contributed by atoms with van der Waals surface area (Å²) in [6.45, 7) is 0. The SMILES string of the molecule is [N-]=[N+]=N[C@@H](Cc1ccc([N+](=O)[O-])cc1)C(=O)Cl. The maximum atomic E-state index is 10.9. The van der Waals surface area contributed by atoms with Crippen molar-refractivity contribution in [2.45, 2.75) is 12.5 Å². The number of benzene rings is 1. The van der Waals surface area contributed by atoms with Crippen LogP contribution < -0.4 is 0 Å². The number of carbonyl (C=O) groups excluding carboxylic acids is 1. The smallest absolute Gasteiger partial charge is 0.269 e. The van der Waals surface area contributed by atoms with Crippen LogP contribution in [0.1, 0.15) is 5.56 Å². The Hall–Kier alpha value is -2.11. The van der Waals surface area contributed by atoms with Crippen molar-refractivity contribution < 1.29 is 9.72 Å². The summed E-state index contributed by atoms with van der Waals surface area (Å²) in [5, 5.41) is 12.9. The minimum atomic E-state index is -0.997. The molecule has 0 unspecified atom stereocenters. The lowest BCUT2D eigenvalue weighted by Gasteiger charge is -2.05. The van der Waals surface area contributed by atoms with Crippen LogP contribution in [0.25, 0.3) is 10.4 Å². The summed E-state index contributed by atoms with van der Waals surface area (Å²) in [4.78, 5) is 23.3. The molecule has 0 aliphatic rings. The molecule has 1 atom stereocenters. The monoisotopic (exact) mass is 254 g/mol. The number of non-ortho nitro benzene ring substituents is 1. The van der Waals surface area contributed by atoms with Gasteiger partial charge in [-0.3, -0.25) is 14.9 Å². The lowest BCUT2D eigenvalue weighted by Crippen LogP contribution is -2.15. The van der Waals surface area contributed by atoms with E-state index in [9.17, 15) is 14.9 Å². The average molecular weight is 255 g/mol. The highest BCUT2D eigenvalue weighted by Crippen LogP contribution is 2.15. The number of azide groups is 1. The number of hydrogen-bond acceptors (Lipinski definition) is 4. The average Bonchev–Trinajstić information content (AvgIpc) is 2.29. The summed E-state index contributed by atoms with van der Waals surface area (Å²) in [6, 6.07) is 4.58. The van der Waals surface area contributed by atoms with Crippen LogP contribution in [0.15, 0.2) is 29.4 Å². The van der Waals surface area contributed by atoms with Crippen LogP contribution in [0.4, 0.5) is 5.69 Å². The van der Waals surface area contributed by atoms with Gasteiger partial charge in [0.05, 0.1) is 4.92 Å².